The maximum absolute atomic E-state index is 11.9. The van der Waals surface area contributed by atoms with Gasteiger partial charge in [-0.3, -0.25) is 40.5 Å². The molecular weight excluding hydrogens is 854 g/mol. The number of nitrogens with zero attached hydrogens (tertiary/aromatic N) is 8. The predicted octanol–water partition coefficient (Wildman–Crippen LogP) is 6.71. The van der Waals surface area contributed by atoms with E-state index in [1.54, 1.807) is 0 Å². The van der Waals surface area contributed by atoms with Crippen LogP contribution in [-0.4, -0.2) is 79.6 Å². The third kappa shape index (κ3) is 4.03. The van der Waals surface area contributed by atoms with Crippen molar-refractivity contribution in [3.63, 3.8) is 0 Å². The highest BCUT2D eigenvalue weighted by Crippen LogP contribution is 2.81. The minimum Gasteiger partial charge on any atom is -0.349 e. The molecule has 0 radical (unpaired) electrons. The molecule has 5 aliphatic carbocycles. The average Bonchev–Trinajstić information content (AvgIpc) is 3.60. The van der Waals surface area contributed by atoms with Crippen molar-refractivity contribution in [1.82, 2.24) is 19.9 Å². The minimum absolute atomic E-state index is 0.0395. The molecule has 9 rings (SSSR count). The summed E-state index contributed by atoms with van der Waals surface area (Å²) in [4.78, 5) is 56.2. The smallest absolute Gasteiger partial charge is 0.348 e. The van der Waals surface area contributed by atoms with Crippen LogP contribution in [0.25, 0.3) is 22.1 Å². The Bertz CT molecular complexity index is 2260. The summed E-state index contributed by atoms with van der Waals surface area (Å²) in [5.74, 6) is -6.01. The summed E-state index contributed by atoms with van der Waals surface area (Å²) in [6.45, 7) is 0. The highest BCUT2D eigenvalue weighted by atomic mass is 35.5. The lowest BCUT2D eigenvalue weighted by Crippen LogP contribution is -2.54. The Labute approximate surface area is 345 Å². The summed E-state index contributed by atoms with van der Waals surface area (Å²) >= 11 is 31.3. The number of halogens is 4. The molecule has 0 amide bonds. The van der Waals surface area contributed by atoms with Crippen LogP contribution in [0, 0.1) is 64.1 Å². The Hall–Kier alpha value is -4.28. The molecule has 20 nitrogen and oxygen atoms in total. The van der Waals surface area contributed by atoms with Crippen molar-refractivity contribution in [1.29, 1.82) is 0 Å². The lowest BCUT2D eigenvalue weighted by molar-refractivity contribution is -0.422. The molecule has 0 saturated heterocycles. The summed E-state index contributed by atoms with van der Waals surface area (Å²) in [5.41, 5.74) is -2.80. The molecule has 8 atom stereocenters. The predicted molar refractivity (Wildman–Crippen MR) is 202 cm³/mol. The van der Waals surface area contributed by atoms with Gasteiger partial charge in [0.15, 0.2) is 0 Å². The number of nitro benzene ring substituents is 4. The number of fused-ring (bicyclic) bond motifs is 18. The quantitative estimate of drug-likeness (QED) is 0.0770. The van der Waals surface area contributed by atoms with Crippen molar-refractivity contribution in [2.75, 3.05) is 28.4 Å². The van der Waals surface area contributed by atoms with Crippen LogP contribution in [0.5, 0.6) is 0 Å². The molecule has 3 saturated carbocycles. The molecule has 3 fully saturated rings. The van der Waals surface area contributed by atoms with Crippen LogP contribution < -0.4 is 0 Å². The maximum Gasteiger partial charge on any atom is 0.348 e. The first kappa shape index (κ1) is 39.2. The monoisotopic (exact) mass is 880 g/mol. The number of alkyl halides is 4. The SMILES string of the molecule is COC1(OC)[C@@]2(Cl)c3nc4cc([N+](=O)[O-])c([N+](=O)[O-])cc4nc3[C@]1(Cl)[C@@H]1CC[C@H]3[C@@H](CC[C@@H]12)[C@@]1(Cl)c2nc4cc([N+](=O)[O-])c([N+](=O)[O-])cc4nc2[C@]3(Cl)C1(OC)OC. The van der Waals surface area contributed by atoms with Crippen molar-refractivity contribution in [2.45, 2.75) is 56.8 Å². The van der Waals surface area contributed by atoms with Crippen LogP contribution >= 0.6 is 46.4 Å². The van der Waals surface area contributed by atoms with Gasteiger partial charge in [0, 0.05) is 28.4 Å². The van der Waals surface area contributed by atoms with Gasteiger partial charge in [0.25, 0.3) is 0 Å². The van der Waals surface area contributed by atoms with E-state index in [-0.39, 0.29) is 70.5 Å². The van der Waals surface area contributed by atoms with Gasteiger partial charge < -0.3 is 18.9 Å². The van der Waals surface area contributed by atoms with Gasteiger partial charge in [-0.2, -0.15) is 0 Å². The van der Waals surface area contributed by atoms with Crippen LogP contribution in [0.1, 0.15) is 48.5 Å². The van der Waals surface area contributed by atoms with Crippen LogP contribution in [0.15, 0.2) is 24.3 Å². The number of hydrogen-bond acceptors (Lipinski definition) is 16. The highest BCUT2D eigenvalue weighted by molar-refractivity contribution is 6.33. The summed E-state index contributed by atoms with van der Waals surface area (Å²) in [5, 5.41) is 47.5. The molecule has 0 unspecified atom stereocenters. The molecule has 304 valence electrons. The number of rotatable bonds is 8. The van der Waals surface area contributed by atoms with Gasteiger partial charge >= 0.3 is 22.7 Å². The van der Waals surface area contributed by atoms with Gasteiger partial charge in [0.05, 0.1) is 88.8 Å². The van der Waals surface area contributed by atoms with Gasteiger partial charge in [-0.1, -0.05) is 0 Å². The van der Waals surface area contributed by atoms with E-state index in [0.29, 0.717) is 0 Å². The zero-order valence-electron chi connectivity index (χ0n) is 30.4. The van der Waals surface area contributed by atoms with E-state index in [1.165, 1.54) is 28.4 Å². The zero-order valence-corrected chi connectivity index (χ0v) is 33.5. The number of methoxy groups -OCH3 is 4. The lowest BCUT2D eigenvalue weighted by atomic mass is 9.65. The lowest BCUT2D eigenvalue weighted by Gasteiger charge is -2.44. The Morgan fingerprint density at radius 1 is 0.466 bits per heavy atom. The third-order valence-electron chi connectivity index (χ3n) is 13.3. The van der Waals surface area contributed by atoms with E-state index >= 15 is 0 Å². The van der Waals surface area contributed by atoms with E-state index in [2.05, 4.69) is 0 Å². The molecular formula is C34H28Cl4N8O12. The van der Waals surface area contributed by atoms with Crippen LogP contribution in [-0.2, 0) is 38.4 Å². The normalized spacial score (nSPS) is 33.2. The standard InChI is InChI=1S/C34H28Cl4N8O12/c1-55-33(56-2)29(35)13-5-7-15-16(8-6-14(13)30(33,36)26-25(29)39-17-9-21(43(47)48)22(44(49)50)10-18(17)40-26)32(38)28-27(31(15,37)34(32,57-3)58-4)41-19-11-23(45(51)52)24(46(53)54)12-20(19)42-28/h9-16H,5-8H2,1-4H3/t13-,14+,15+,16-,29-,30+,31+,32-. The van der Waals surface area contributed by atoms with Gasteiger partial charge in [0.2, 0.25) is 11.6 Å². The minimum atomic E-state index is -1.83. The molecule has 0 spiro atoms. The average molecular weight is 882 g/mol. The van der Waals surface area contributed by atoms with Crippen molar-refractivity contribution in [2.24, 2.45) is 23.7 Å². The number of ether oxygens (including phenoxy) is 4. The molecule has 4 aromatic rings. The molecule has 0 aliphatic heterocycles. The van der Waals surface area contributed by atoms with Crippen LogP contribution in [0.3, 0.4) is 0 Å². The number of hydrogen-bond donors (Lipinski definition) is 0. The highest BCUT2D eigenvalue weighted by Gasteiger charge is 2.88. The second kappa shape index (κ2) is 12.2. The Kier molecular flexibility index (Phi) is 8.21. The maximum atomic E-state index is 11.9. The first-order valence-corrected chi connectivity index (χ1v) is 19.1. The molecule has 5 aliphatic rings. The van der Waals surface area contributed by atoms with Gasteiger partial charge in [-0.15, -0.1) is 46.4 Å². The van der Waals surface area contributed by atoms with Crippen molar-refractivity contribution >= 4 is 91.2 Å². The Morgan fingerprint density at radius 2 is 0.655 bits per heavy atom. The summed E-state index contributed by atoms with van der Waals surface area (Å²) in [6, 6.07) is 3.86. The first-order valence-electron chi connectivity index (χ1n) is 17.6. The van der Waals surface area contributed by atoms with Gasteiger partial charge in [-0.05, 0) is 49.4 Å². The van der Waals surface area contributed by atoms with Crippen molar-refractivity contribution in [3.05, 3.63) is 87.5 Å². The number of nitro groups is 4. The number of benzene rings is 2. The van der Waals surface area contributed by atoms with Gasteiger partial charge in [-0.25, -0.2) is 19.9 Å². The topological polar surface area (TPSA) is 261 Å². The summed E-state index contributed by atoms with van der Waals surface area (Å²) in [6.07, 6.45) is 1.10. The number of aromatic nitrogens is 4. The fourth-order valence-electron chi connectivity index (χ4n) is 11.4. The van der Waals surface area contributed by atoms with Gasteiger partial charge in [0.1, 0.15) is 19.5 Å². The zero-order chi connectivity index (χ0) is 41.9. The van der Waals surface area contributed by atoms with E-state index < -0.39 is 97.2 Å². The molecule has 24 heteroatoms. The fourth-order valence-corrected chi connectivity index (χ4v) is 14.3. The summed E-state index contributed by atoms with van der Waals surface area (Å²) in [7, 11) is 5.47. The molecule has 2 aromatic carbocycles. The van der Waals surface area contributed by atoms with E-state index in [1.807, 2.05) is 0 Å². The van der Waals surface area contributed by atoms with E-state index in [9.17, 15) is 40.5 Å². The third-order valence-corrected chi connectivity index (χ3v) is 16.2. The first-order chi connectivity index (χ1) is 27.3. The molecule has 0 N–H and O–H groups in total. The van der Waals surface area contributed by atoms with E-state index in [4.69, 9.17) is 85.3 Å². The molecule has 2 heterocycles. The molecule has 58 heavy (non-hydrogen) atoms. The molecule has 4 bridgehead atoms. The van der Waals surface area contributed by atoms with Crippen LogP contribution in [0.4, 0.5) is 22.7 Å². The Balaban J connectivity index is 1.23. The summed E-state index contributed by atoms with van der Waals surface area (Å²) < 4.78 is 24.6. The van der Waals surface area contributed by atoms with Crippen molar-refractivity contribution < 1.29 is 38.6 Å². The van der Waals surface area contributed by atoms with Crippen LogP contribution in [0.2, 0.25) is 0 Å². The second-order valence-corrected chi connectivity index (χ2v) is 17.4. The Morgan fingerprint density at radius 3 is 0.810 bits per heavy atom. The second-order valence-electron chi connectivity index (χ2n) is 15.0. The molecule has 2 aromatic heterocycles. The van der Waals surface area contributed by atoms with Crippen molar-refractivity contribution in [3.8, 4) is 0 Å². The van der Waals surface area contributed by atoms with E-state index in [0.717, 1.165) is 24.3 Å². The fraction of sp³-hybridized carbons (Fsp3) is 0.529. The largest absolute Gasteiger partial charge is 0.349 e.